The van der Waals surface area contributed by atoms with Gasteiger partial charge in [0.2, 0.25) is 0 Å². The van der Waals surface area contributed by atoms with E-state index in [-0.39, 0.29) is 11.1 Å². The number of carbonyl (C=O) groups is 2. The van der Waals surface area contributed by atoms with Crippen LogP contribution in [0.2, 0.25) is 0 Å². The standard InChI is InChI=1S/C9H15N3O2/c1-9(2)4-5(11-3)6(7(10)13)8(14)12-9/h11H,4H2,1-3H3,(H2,10,13)(H,12,14). The first-order chi connectivity index (χ1) is 6.37. The van der Waals surface area contributed by atoms with E-state index in [2.05, 4.69) is 10.6 Å². The van der Waals surface area contributed by atoms with Gasteiger partial charge in [-0.2, -0.15) is 0 Å². The summed E-state index contributed by atoms with van der Waals surface area (Å²) in [6.07, 6.45) is 0.577. The summed E-state index contributed by atoms with van der Waals surface area (Å²) in [4.78, 5) is 22.5. The van der Waals surface area contributed by atoms with Gasteiger partial charge in [-0.1, -0.05) is 0 Å². The van der Waals surface area contributed by atoms with Gasteiger partial charge in [0.1, 0.15) is 5.57 Å². The lowest BCUT2D eigenvalue weighted by Crippen LogP contribution is -2.51. The van der Waals surface area contributed by atoms with Gasteiger partial charge < -0.3 is 16.4 Å². The van der Waals surface area contributed by atoms with E-state index in [1.165, 1.54) is 0 Å². The quantitative estimate of drug-likeness (QED) is 0.509. The first-order valence-corrected chi connectivity index (χ1v) is 4.40. The highest BCUT2D eigenvalue weighted by Crippen LogP contribution is 2.22. The highest BCUT2D eigenvalue weighted by molar-refractivity contribution is 6.19. The first-order valence-electron chi connectivity index (χ1n) is 4.40. The molecular weight excluding hydrogens is 182 g/mol. The molecule has 0 aromatic heterocycles. The second kappa shape index (κ2) is 3.32. The van der Waals surface area contributed by atoms with Crippen LogP contribution in [0.15, 0.2) is 11.3 Å². The molecule has 1 aliphatic rings. The average Bonchev–Trinajstić information content (AvgIpc) is 1.99. The average molecular weight is 197 g/mol. The molecule has 0 aromatic rings. The second-order valence-electron chi connectivity index (χ2n) is 3.98. The number of rotatable bonds is 2. The van der Waals surface area contributed by atoms with Crippen molar-refractivity contribution in [2.75, 3.05) is 7.05 Å². The number of primary amides is 1. The third kappa shape index (κ3) is 1.86. The zero-order valence-electron chi connectivity index (χ0n) is 8.60. The molecule has 0 saturated carbocycles. The number of nitrogens with two attached hydrogens (primary N) is 1. The van der Waals surface area contributed by atoms with Gasteiger partial charge in [-0.15, -0.1) is 0 Å². The fourth-order valence-corrected chi connectivity index (χ4v) is 1.56. The van der Waals surface area contributed by atoms with E-state index in [1.807, 2.05) is 13.8 Å². The van der Waals surface area contributed by atoms with Crippen molar-refractivity contribution in [2.45, 2.75) is 25.8 Å². The SMILES string of the molecule is CNC1=C(C(N)=O)C(=O)NC(C)(C)C1. The van der Waals surface area contributed by atoms with Crippen molar-refractivity contribution < 1.29 is 9.59 Å². The minimum atomic E-state index is -0.692. The van der Waals surface area contributed by atoms with Gasteiger partial charge in [0.15, 0.2) is 0 Å². The molecule has 1 heterocycles. The van der Waals surface area contributed by atoms with Gasteiger partial charge in [-0.3, -0.25) is 9.59 Å². The van der Waals surface area contributed by atoms with Gasteiger partial charge in [0, 0.05) is 24.7 Å². The van der Waals surface area contributed by atoms with Crippen LogP contribution in [0.4, 0.5) is 0 Å². The van der Waals surface area contributed by atoms with E-state index in [9.17, 15) is 9.59 Å². The highest BCUT2D eigenvalue weighted by Gasteiger charge is 2.33. The summed E-state index contributed by atoms with van der Waals surface area (Å²) in [5.74, 6) is -1.10. The van der Waals surface area contributed by atoms with Gasteiger partial charge in [-0.25, -0.2) is 0 Å². The minimum Gasteiger partial charge on any atom is -0.391 e. The zero-order chi connectivity index (χ0) is 10.9. The maximum Gasteiger partial charge on any atom is 0.259 e. The van der Waals surface area contributed by atoms with Crippen LogP contribution >= 0.6 is 0 Å². The maximum atomic E-state index is 11.5. The molecule has 0 fully saturated rings. The molecule has 0 unspecified atom stereocenters. The van der Waals surface area contributed by atoms with Crippen molar-refractivity contribution >= 4 is 11.8 Å². The normalized spacial score (nSPS) is 20.4. The Hall–Kier alpha value is -1.52. The Kier molecular flexibility index (Phi) is 2.51. The van der Waals surface area contributed by atoms with Crippen LogP contribution in [-0.4, -0.2) is 24.4 Å². The van der Waals surface area contributed by atoms with E-state index < -0.39 is 11.8 Å². The molecule has 5 nitrogen and oxygen atoms in total. The summed E-state index contributed by atoms with van der Waals surface area (Å²) >= 11 is 0. The largest absolute Gasteiger partial charge is 0.391 e. The van der Waals surface area contributed by atoms with Crippen molar-refractivity contribution in [1.82, 2.24) is 10.6 Å². The molecule has 0 radical (unpaired) electrons. The molecule has 0 bridgehead atoms. The summed E-state index contributed by atoms with van der Waals surface area (Å²) in [7, 11) is 1.67. The molecule has 0 spiro atoms. The predicted octanol–water partition coefficient (Wildman–Crippen LogP) is -0.756. The summed E-state index contributed by atoms with van der Waals surface area (Å²) in [5, 5.41) is 5.55. The lowest BCUT2D eigenvalue weighted by atomic mass is 9.91. The molecule has 78 valence electrons. The Bertz CT molecular complexity index is 318. The van der Waals surface area contributed by atoms with Gasteiger partial charge in [0.25, 0.3) is 11.8 Å². The predicted molar refractivity (Wildman–Crippen MR) is 52.1 cm³/mol. The van der Waals surface area contributed by atoms with Crippen molar-refractivity contribution in [3.63, 3.8) is 0 Å². The van der Waals surface area contributed by atoms with Gasteiger partial charge >= 0.3 is 0 Å². The number of nitrogens with one attached hydrogen (secondary N) is 2. The molecule has 1 rings (SSSR count). The lowest BCUT2D eigenvalue weighted by Gasteiger charge is -2.32. The van der Waals surface area contributed by atoms with E-state index in [4.69, 9.17) is 5.73 Å². The molecule has 14 heavy (non-hydrogen) atoms. The van der Waals surface area contributed by atoms with Crippen LogP contribution in [0.5, 0.6) is 0 Å². The smallest absolute Gasteiger partial charge is 0.259 e. The van der Waals surface area contributed by atoms with E-state index >= 15 is 0 Å². The third-order valence-electron chi connectivity index (χ3n) is 2.15. The number of hydrogen-bond acceptors (Lipinski definition) is 3. The monoisotopic (exact) mass is 197 g/mol. The van der Waals surface area contributed by atoms with Gasteiger partial charge in [0.05, 0.1) is 0 Å². The zero-order valence-corrected chi connectivity index (χ0v) is 8.60. The van der Waals surface area contributed by atoms with Crippen molar-refractivity contribution in [3.05, 3.63) is 11.3 Å². The van der Waals surface area contributed by atoms with E-state index in [1.54, 1.807) is 7.05 Å². The van der Waals surface area contributed by atoms with Crippen LogP contribution < -0.4 is 16.4 Å². The lowest BCUT2D eigenvalue weighted by molar-refractivity contribution is -0.123. The molecule has 4 N–H and O–H groups in total. The first kappa shape index (κ1) is 10.6. The van der Waals surface area contributed by atoms with Crippen LogP contribution in [0.25, 0.3) is 0 Å². The number of amides is 2. The fraction of sp³-hybridized carbons (Fsp3) is 0.556. The molecule has 0 aliphatic carbocycles. The molecule has 0 saturated heterocycles. The topological polar surface area (TPSA) is 84.2 Å². The molecule has 0 aromatic carbocycles. The van der Waals surface area contributed by atoms with Gasteiger partial charge in [-0.05, 0) is 13.8 Å². The highest BCUT2D eigenvalue weighted by atomic mass is 16.2. The van der Waals surface area contributed by atoms with Crippen LogP contribution in [0.3, 0.4) is 0 Å². The Labute approximate surface area is 82.7 Å². The Morgan fingerprint density at radius 2 is 2.14 bits per heavy atom. The Balaban J connectivity index is 3.14. The molecule has 2 amide bonds. The Morgan fingerprint density at radius 3 is 2.57 bits per heavy atom. The number of hydrogen-bond donors (Lipinski definition) is 3. The van der Waals surface area contributed by atoms with Crippen molar-refractivity contribution in [1.29, 1.82) is 0 Å². The molecule has 0 atom stereocenters. The van der Waals surface area contributed by atoms with Crippen LogP contribution in [0.1, 0.15) is 20.3 Å². The summed E-state index contributed by atoms with van der Waals surface area (Å²) in [6, 6.07) is 0. The minimum absolute atomic E-state index is 0.0341. The van der Waals surface area contributed by atoms with Crippen LogP contribution in [-0.2, 0) is 9.59 Å². The Morgan fingerprint density at radius 1 is 1.57 bits per heavy atom. The van der Waals surface area contributed by atoms with E-state index in [0.29, 0.717) is 12.1 Å². The van der Waals surface area contributed by atoms with E-state index in [0.717, 1.165) is 0 Å². The number of carbonyl (C=O) groups excluding carboxylic acids is 2. The fourth-order valence-electron chi connectivity index (χ4n) is 1.56. The van der Waals surface area contributed by atoms with Crippen molar-refractivity contribution in [2.24, 2.45) is 5.73 Å². The van der Waals surface area contributed by atoms with Crippen LogP contribution in [0, 0.1) is 0 Å². The molecule has 1 aliphatic heterocycles. The summed E-state index contributed by atoms with van der Waals surface area (Å²) < 4.78 is 0. The summed E-state index contributed by atoms with van der Waals surface area (Å²) in [5.41, 5.74) is 5.41. The third-order valence-corrected chi connectivity index (χ3v) is 2.15. The molecular formula is C9H15N3O2. The molecule has 5 heteroatoms. The maximum absolute atomic E-state index is 11.5. The summed E-state index contributed by atoms with van der Waals surface area (Å²) in [6.45, 7) is 3.78. The second-order valence-corrected chi connectivity index (χ2v) is 3.98. The van der Waals surface area contributed by atoms with Crippen molar-refractivity contribution in [3.8, 4) is 0 Å².